The molecule has 5 heteroatoms. The SMILES string of the molecule is Fc1cc(CBr)cc(F)c1OCCc1cccs1. The van der Waals surface area contributed by atoms with Crippen molar-refractivity contribution in [3.8, 4) is 5.75 Å². The molecule has 0 aliphatic rings. The summed E-state index contributed by atoms with van der Waals surface area (Å²) in [5.74, 6) is -1.61. The van der Waals surface area contributed by atoms with Gasteiger partial charge in [-0.25, -0.2) is 8.78 Å². The van der Waals surface area contributed by atoms with Crippen molar-refractivity contribution in [1.29, 1.82) is 0 Å². The Labute approximate surface area is 117 Å². The van der Waals surface area contributed by atoms with Crippen LogP contribution in [0.1, 0.15) is 10.4 Å². The second-order valence-corrected chi connectivity index (χ2v) is 5.29. The van der Waals surface area contributed by atoms with E-state index in [9.17, 15) is 8.78 Å². The van der Waals surface area contributed by atoms with Crippen LogP contribution in [0.15, 0.2) is 29.6 Å². The molecule has 18 heavy (non-hydrogen) atoms. The normalized spacial score (nSPS) is 10.6. The lowest BCUT2D eigenvalue weighted by Gasteiger charge is -2.09. The fourth-order valence-electron chi connectivity index (χ4n) is 1.54. The molecule has 1 heterocycles. The number of thiophene rings is 1. The highest BCUT2D eigenvalue weighted by molar-refractivity contribution is 9.08. The third kappa shape index (κ3) is 3.29. The number of halogens is 3. The molecule has 0 N–H and O–H groups in total. The molecule has 0 radical (unpaired) electrons. The zero-order valence-electron chi connectivity index (χ0n) is 9.46. The molecule has 0 aliphatic heterocycles. The molecule has 0 spiro atoms. The summed E-state index contributed by atoms with van der Waals surface area (Å²) in [5, 5.41) is 2.37. The fraction of sp³-hybridized carbons (Fsp3) is 0.231. The molecule has 1 nitrogen and oxygen atoms in total. The number of hydrogen-bond donors (Lipinski definition) is 0. The van der Waals surface area contributed by atoms with Crippen molar-refractivity contribution >= 4 is 27.3 Å². The fourth-order valence-corrected chi connectivity index (χ4v) is 2.55. The third-order valence-electron chi connectivity index (χ3n) is 2.39. The van der Waals surface area contributed by atoms with Crippen LogP contribution in [0.3, 0.4) is 0 Å². The molecule has 0 saturated carbocycles. The van der Waals surface area contributed by atoms with Crippen molar-refractivity contribution in [3.63, 3.8) is 0 Å². The second kappa shape index (κ2) is 6.29. The highest BCUT2D eigenvalue weighted by Gasteiger charge is 2.12. The smallest absolute Gasteiger partial charge is 0.190 e. The molecule has 0 fully saturated rings. The molecular weight excluding hydrogens is 322 g/mol. The van der Waals surface area contributed by atoms with Gasteiger partial charge < -0.3 is 4.74 Å². The van der Waals surface area contributed by atoms with Crippen molar-refractivity contribution < 1.29 is 13.5 Å². The Hall–Kier alpha value is -0.940. The van der Waals surface area contributed by atoms with E-state index < -0.39 is 11.6 Å². The van der Waals surface area contributed by atoms with Crippen LogP contribution in [0.2, 0.25) is 0 Å². The lowest BCUT2D eigenvalue weighted by molar-refractivity contribution is 0.289. The molecular formula is C13H11BrF2OS. The van der Waals surface area contributed by atoms with E-state index >= 15 is 0 Å². The Morgan fingerprint density at radius 3 is 2.50 bits per heavy atom. The maximum Gasteiger partial charge on any atom is 0.190 e. The molecule has 1 aromatic carbocycles. The summed E-state index contributed by atoms with van der Waals surface area (Å²) in [6.07, 6.45) is 0.650. The minimum absolute atomic E-state index is 0.266. The number of alkyl halides is 1. The number of ether oxygens (including phenoxy) is 1. The Balaban J connectivity index is 2.01. The first-order valence-electron chi connectivity index (χ1n) is 5.40. The largest absolute Gasteiger partial charge is 0.487 e. The van der Waals surface area contributed by atoms with Gasteiger partial charge in [0, 0.05) is 16.6 Å². The van der Waals surface area contributed by atoms with Crippen molar-refractivity contribution in [2.24, 2.45) is 0 Å². The minimum atomic E-state index is -0.657. The predicted molar refractivity (Wildman–Crippen MR) is 72.5 cm³/mol. The van der Waals surface area contributed by atoms with Gasteiger partial charge in [0.2, 0.25) is 0 Å². The van der Waals surface area contributed by atoms with Crippen molar-refractivity contribution in [2.75, 3.05) is 6.61 Å². The van der Waals surface area contributed by atoms with Gasteiger partial charge in [-0.15, -0.1) is 11.3 Å². The lowest BCUT2D eigenvalue weighted by atomic mass is 10.2. The van der Waals surface area contributed by atoms with Gasteiger partial charge in [0.25, 0.3) is 0 Å². The van der Waals surface area contributed by atoms with Crippen LogP contribution in [0.25, 0.3) is 0 Å². The topological polar surface area (TPSA) is 9.23 Å². The molecule has 2 rings (SSSR count). The molecule has 0 amide bonds. The number of hydrogen-bond acceptors (Lipinski definition) is 2. The Bertz CT molecular complexity index is 491. The van der Waals surface area contributed by atoms with Crippen LogP contribution in [0.5, 0.6) is 5.75 Å². The van der Waals surface area contributed by atoms with Crippen molar-refractivity contribution in [3.05, 3.63) is 51.7 Å². The summed E-state index contributed by atoms with van der Waals surface area (Å²) in [5.41, 5.74) is 0.551. The van der Waals surface area contributed by atoms with Crippen molar-refractivity contribution in [1.82, 2.24) is 0 Å². The summed E-state index contributed by atoms with van der Waals surface area (Å²) in [6, 6.07) is 6.46. The van der Waals surface area contributed by atoms with E-state index in [0.29, 0.717) is 17.3 Å². The average Bonchev–Trinajstić information content (AvgIpc) is 2.85. The highest BCUT2D eigenvalue weighted by atomic mass is 79.9. The maximum absolute atomic E-state index is 13.6. The third-order valence-corrected chi connectivity index (χ3v) is 3.97. The molecule has 96 valence electrons. The monoisotopic (exact) mass is 332 g/mol. The van der Waals surface area contributed by atoms with Crippen LogP contribution in [-0.2, 0) is 11.8 Å². The molecule has 0 unspecified atom stereocenters. The summed E-state index contributed by atoms with van der Waals surface area (Å²) < 4.78 is 32.3. The standard InChI is InChI=1S/C13H11BrF2OS/c14-8-9-6-11(15)13(12(16)7-9)17-4-3-10-2-1-5-18-10/h1-2,5-7H,3-4,8H2. The molecule has 0 atom stereocenters. The highest BCUT2D eigenvalue weighted by Crippen LogP contribution is 2.24. The van der Waals surface area contributed by atoms with Crippen LogP contribution < -0.4 is 4.74 Å². The van der Waals surface area contributed by atoms with Gasteiger partial charge in [-0.1, -0.05) is 22.0 Å². The van der Waals surface area contributed by atoms with Crippen molar-refractivity contribution in [2.45, 2.75) is 11.8 Å². The van der Waals surface area contributed by atoms with Crippen LogP contribution >= 0.6 is 27.3 Å². The minimum Gasteiger partial charge on any atom is -0.487 e. The van der Waals surface area contributed by atoms with E-state index in [0.717, 1.165) is 4.88 Å². The van der Waals surface area contributed by atoms with E-state index in [2.05, 4.69) is 15.9 Å². The summed E-state index contributed by atoms with van der Waals surface area (Å²) in [6.45, 7) is 0.266. The quantitative estimate of drug-likeness (QED) is 0.730. The first-order chi connectivity index (χ1) is 8.70. The van der Waals surface area contributed by atoms with Gasteiger partial charge in [0.1, 0.15) is 0 Å². The van der Waals surface area contributed by atoms with E-state index in [1.54, 1.807) is 11.3 Å². The molecule has 0 bridgehead atoms. The lowest BCUT2D eigenvalue weighted by Crippen LogP contribution is -2.04. The van der Waals surface area contributed by atoms with Gasteiger partial charge in [-0.05, 0) is 29.1 Å². The molecule has 0 saturated heterocycles. The van der Waals surface area contributed by atoms with Gasteiger partial charge in [0.15, 0.2) is 17.4 Å². The summed E-state index contributed by atoms with van der Waals surface area (Å²) in [7, 11) is 0. The first kappa shape index (κ1) is 13.5. The first-order valence-corrected chi connectivity index (χ1v) is 7.40. The van der Waals surface area contributed by atoms with E-state index in [-0.39, 0.29) is 12.4 Å². The molecule has 0 aliphatic carbocycles. The summed E-state index contributed by atoms with van der Waals surface area (Å²) >= 11 is 4.76. The van der Waals surface area contributed by atoms with Crippen LogP contribution in [0, 0.1) is 11.6 Å². The zero-order chi connectivity index (χ0) is 13.0. The van der Waals surface area contributed by atoms with Gasteiger partial charge in [-0.2, -0.15) is 0 Å². The van der Waals surface area contributed by atoms with E-state index in [1.165, 1.54) is 12.1 Å². The maximum atomic E-state index is 13.6. The van der Waals surface area contributed by atoms with E-state index in [4.69, 9.17) is 4.74 Å². The Kier molecular flexibility index (Phi) is 4.72. The average molecular weight is 333 g/mol. The Morgan fingerprint density at radius 2 is 1.94 bits per heavy atom. The second-order valence-electron chi connectivity index (χ2n) is 3.70. The molecule has 1 aromatic heterocycles. The predicted octanol–water partition coefficient (Wildman–Crippen LogP) is 4.54. The van der Waals surface area contributed by atoms with E-state index in [1.807, 2.05) is 17.5 Å². The van der Waals surface area contributed by atoms with Crippen LogP contribution in [-0.4, -0.2) is 6.61 Å². The summed E-state index contributed by atoms with van der Waals surface area (Å²) in [4.78, 5) is 1.13. The Morgan fingerprint density at radius 1 is 1.22 bits per heavy atom. The molecule has 2 aromatic rings. The number of benzene rings is 1. The zero-order valence-corrected chi connectivity index (χ0v) is 11.9. The van der Waals surface area contributed by atoms with Gasteiger partial charge >= 0.3 is 0 Å². The van der Waals surface area contributed by atoms with Gasteiger partial charge in [-0.3, -0.25) is 0 Å². The number of rotatable bonds is 5. The van der Waals surface area contributed by atoms with Gasteiger partial charge in [0.05, 0.1) is 6.61 Å². The van der Waals surface area contributed by atoms with Crippen LogP contribution in [0.4, 0.5) is 8.78 Å².